The van der Waals surface area contributed by atoms with Crippen LogP contribution in [0.4, 0.5) is 5.69 Å². The van der Waals surface area contributed by atoms with Crippen molar-refractivity contribution < 1.29 is 18.0 Å². The van der Waals surface area contributed by atoms with E-state index in [-0.39, 0.29) is 29.7 Å². The summed E-state index contributed by atoms with van der Waals surface area (Å²) in [6, 6.07) is 12.1. The van der Waals surface area contributed by atoms with E-state index < -0.39 is 10.0 Å². The second-order valence-electron chi connectivity index (χ2n) is 6.97. The van der Waals surface area contributed by atoms with Gasteiger partial charge in [0.25, 0.3) is 0 Å². The maximum absolute atomic E-state index is 12.4. The number of carbonyl (C=O) groups is 2. The van der Waals surface area contributed by atoms with Crippen LogP contribution in [0.1, 0.15) is 30.0 Å². The van der Waals surface area contributed by atoms with Gasteiger partial charge in [0.15, 0.2) is 0 Å². The van der Waals surface area contributed by atoms with E-state index in [1.807, 2.05) is 26.0 Å². The standard InChI is InChI=1S/C21H27N3O4S/c1-15-9-10-19(13-16(15)2)29(27,28)22-12-11-21(26)23-20-8-6-5-7-18(20)14-24(4)17(3)25/h5-10,13,22H,11-12,14H2,1-4H3,(H,23,26). The molecule has 2 aromatic rings. The third kappa shape index (κ3) is 6.40. The zero-order chi connectivity index (χ0) is 21.6. The van der Waals surface area contributed by atoms with E-state index >= 15 is 0 Å². The third-order valence-corrected chi connectivity index (χ3v) is 6.13. The van der Waals surface area contributed by atoms with Crippen LogP contribution in [0.15, 0.2) is 47.4 Å². The summed E-state index contributed by atoms with van der Waals surface area (Å²) >= 11 is 0. The second kappa shape index (κ2) is 9.67. The van der Waals surface area contributed by atoms with Crippen molar-refractivity contribution >= 4 is 27.5 Å². The molecule has 0 aliphatic heterocycles. The Morgan fingerprint density at radius 2 is 1.72 bits per heavy atom. The average molecular weight is 418 g/mol. The SMILES string of the molecule is CC(=O)N(C)Cc1ccccc1NC(=O)CCNS(=O)(=O)c1ccc(C)c(C)c1. The van der Waals surface area contributed by atoms with Crippen molar-refractivity contribution in [1.29, 1.82) is 0 Å². The fourth-order valence-corrected chi connectivity index (χ4v) is 3.74. The molecule has 2 N–H and O–H groups in total. The molecule has 7 nitrogen and oxygen atoms in total. The van der Waals surface area contributed by atoms with Crippen molar-refractivity contribution in [2.24, 2.45) is 0 Å². The van der Waals surface area contributed by atoms with E-state index in [9.17, 15) is 18.0 Å². The van der Waals surface area contributed by atoms with E-state index in [0.717, 1.165) is 16.7 Å². The number of para-hydroxylation sites is 1. The zero-order valence-electron chi connectivity index (χ0n) is 17.2. The minimum atomic E-state index is -3.68. The molecule has 0 aromatic heterocycles. The van der Waals surface area contributed by atoms with Crippen LogP contribution in [0.5, 0.6) is 0 Å². The number of aryl methyl sites for hydroxylation is 2. The van der Waals surface area contributed by atoms with E-state index in [2.05, 4.69) is 10.0 Å². The molecule has 8 heteroatoms. The number of anilines is 1. The maximum Gasteiger partial charge on any atom is 0.240 e. The molecule has 0 atom stereocenters. The van der Waals surface area contributed by atoms with Gasteiger partial charge in [0.2, 0.25) is 21.8 Å². The normalized spacial score (nSPS) is 11.2. The summed E-state index contributed by atoms with van der Waals surface area (Å²) in [6.07, 6.45) is -0.0129. The molecule has 2 amide bonds. The number of sulfonamides is 1. The lowest BCUT2D eigenvalue weighted by atomic mass is 10.1. The third-order valence-electron chi connectivity index (χ3n) is 4.67. The van der Waals surface area contributed by atoms with Gasteiger partial charge >= 0.3 is 0 Å². The first-order valence-corrected chi connectivity index (χ1v) is 10.7. The lowest BCUT2D eigenvalue weighted by molar-refractivity contribution is -0.128. The molecular formula is C21H27N3O4S. The zero-order valence-corrected chi connectivity index (χ0v) is 18.0. The largest absolute Gasteiger partial charge is 0.342 e. The molecule has 0 spiro atoms. The van der Waals surface area contributed by atoms with Gasteiger partial charge in [0.05, 0.1) is 4.90 Å². The van der Waals surface area contributed by atoms with E-state index in [1.54, 1.807) is 42.3 Å². The average Bonchev–Trinajstić information content (AvgIpc) is 2.65. The van der Waals surface area contributed by atoms with Gasteiger partial charge in [-0.3, -0.25) is 9.59 Å². The van der Waals surface area contributed by atoms with Crippen molar-refractivity contribution in [3.8, 4) is 0 Å². The summed E-state index contributed by atoms with van der Waals surface area (Å²) in [5, 5.41) is 2.79. The highest BCUT2D eigenvalue weighted by Crippen LogP contribution is 2.17. The van der Waals surface area contributed by atoms with Crippen LogP contribution in [0.2, 0.25) is 0 Å². The van der Waals surface area contributed by atoms with Gasteiger partial charge in [-0.25, -0.2) is 13.1 Å². The first-order valence-electron chi connectivity index (χ1n) is 9.26. The quantitative estimate of drug-likeness (QED) is 0.690. The van der Waals surface area contributed by atoms with Crippen molar-refractivity contribution in [1.82, 2.24) is 9.62 Å². The summed E-state index contributed by atoms with van der Waals surface area (Å²) in [4.78, 5) is 25.4. The molecule has 2 rings (SSSR count). The molecule has 0 bridgehead atoms. The van der Waals surface area contributed by atoms with Crippen molar-refractivity contribution in [2.45, 2.75) is 38.6 Å². The highest BCUT2D eigenvalue weighted by molar-refractivity contribution is 7.89. The Labute approximate surface area is 172 Å². The first-order chi connectivity index (χ1) is 13.6. The van der Waals surface area contributed by atoms with Crippen LogP contribution in [0.3, 0.4) is 0 Å². The van der Waals surface area contributed by atoms with Crippen LogP contribution in [0, 0.1) is 13.8 Å². The van der Waals surface area contributed by atoms with Crippen LogP contribution in [-0.4, -0.2) is 38.7 Å². The fraction of sp³-hybridized carbons (Fsp3) is 0.333. The number of hydrogen-bond acceptors (Lipinski definition) is 4. The summed E-state index contributed by atoms with van der Waals surface area (Å²) in [5.41, 5.74) is 3.30. The molecule has 0 fully saturated rings. The molecule has 0 saturated carbocycles. The van der Waals surface area contributed by atoms with E-state index in [1.165, 1.54) is 6.92 Å². The summed E-state index contributed by atoms with van der Waals surface area (Å²) in [7, 11) is -1.99. The van der Waals surface area contributed by atoms with Crippen molar-refractivity contribution in [3.05, 3.63) is 59.2 Å². The smallest absolute Gasteiger partial charge is 0.240 e. The van der Waals surface area contributed by atoms with Crippen molar-refractivity contribution in [2.75, 3.05) is 18.9 Å². The summed E-state index contributed by atoms with van der Waals surface area (Å²) in [6.45, 7) is 5.59. The molecule has 156 valence electrons. The van der Waals surface area contributed by atoms with Gasteiger partial charge in [-0.2, -0.15) is 0 Å². The Hall–Kier alpha value is -2.71. The fourth-order valence-electron chi connectivity index (χ4n) is 2.62. The van der Waals surface area contributed by atoms with Crippen LogP contribution >= 0.6 is 0 Å². The van der Waals surface area contributed by atoms with Gasteiger partial charge in [-0.15, -0.1) is 0 Å². The van der Waals surface area contributed by atoms with Gasteiger partial charge in [0.1, 0.15) is 0 Å². The van der Waals surface area contributed by atoms with Gasteiger partial charge in [-0.1, -0.05) is 24.3 Å². The Kier molecular flexibility index (Phi) is 7.53. The molecule has 0 radical (unpaired) electrons. The Bertz CT molecular complexity index is 1000. The number of nitrogens with zero attached hydrogens (tertiary/aromatic N) is 1. The molecule has 29 heavy (non-hydrogen) atoms. The minimum Gasteiger partial charge on any atom is -0.342 e. The molecule has 0 heterocycles. The molecule has 0 unspecified atom stereocenters. The predicted octanol–water partition coefficient (Wildman–Crippen LogP) is 2.59. The van der Waals surface area contributed by atoms with Gasteiger partial charge < -0.3 is 10.2 Å². The topological polar surface area (TPSA) is 95.6 Å². The number of benzene rings is 2. The number of hydrogen-bond donors (Lipinski definition) is 2. The molecule has 0 aliphatic rings. The second-order valence-corrected chi connectivity index (χ2v) is 8.74. The molecule has 2 aromatic carbocycles. The molecule has 0 saturated heterocycles. The first kappa shape index (κ1) is 22.6. The summed E-state index contributed by atoms with van der Waals surface area (Å²) < 4.78 is 27.2. The maximum atomic E-state index is 12.4. The lowest BCUT2D eigenvalue weighted by Crippen LogP contribution is -2.28. The lowest BCUT2D eigenvalue weighted by Gasteiger charge is -2.18. The Morgan fingerprint density at radius 3 is 2.38 bits per heavy atom. The number of carbonyl (C=O) groups excluding carboxylic acids is 2. The van der Waals surface area contributed by atoms with Crippen LogP contribution in [0.25, 0.3) is 0 Å². The highest BCUT2D eigenvalue weighted by atomic mass is 32.2. The van der Waals surface area contributed by atoms with E-state index in [4.69, 9.17) is 0 Å². The van der Waals surface area contributed by atoms with Crippen LogP contribution in [-0.2, 0) is 26.2 Å². The Morgan fingerprint density at radius 1 is 1.03 bits per heavy atom. The van der Waals surface area contributed by atoms with Gasteiger partial charge in [-0.05, 0) is 48.7 Å². The number of rotatable bonds is 8. The highest BCUT2D eigenvalue weighted by Gasteiger charge is 2.15. The molecule has 0 aliphatic carbocycles. The van der Waals surface area contributed by atoms with Crippen molar-refractivity contribution in [3.63, 3.8) is 0 Å². The van der Waals surface area contributed by atoms with E-state index in [0.29, 0.717) is 12.2 Å². The minimum absolute atomic E-state index is 0.0129. The van der Waals surface area contributed by atoms with Gasteiger partial charge in [0, 0.05) is 39.2 Å². The number of nitrogens with one attached hydrogen (secondary N) is 2. The number of amides is 2. The van der Waals surface area contributed by atoms with Crippen LogP contribution < -0.4 is 10.0 Å². The monoisotopic (exact) mass is 417 g/mol. The predicted molar refractivity (Wildman–Crippen MR) is 113 cm³/mol. The molecular weight excluding hydrogens is 390 g/mol. The summed E-state index contributed by atoms with van der Waals surface area (Å²) in [5.74, 6) is -0.391. The Balaban J connectivity index is 1.95.